The van der Waals surface area contributed by atoms with Crippen LogP contribution in [0.1, 0.15) is 40.8 Å². The molecule has 3 nitrogen and oxygen atoms in total. The Morgan fingerprint density at radius 2 is 1.43 bits per heavy atom. The summed E-state index contributed by atoms with van der Waals surface area (Å²) in [6.45, 7) is 1.44. The SMILES string of the molecule is CCc1cc(Oc2cccc(N(Cc3cccc(C(F)(F)C(F)(F)F)c3)CC(O)c3ccc(C(F)(F)F)cc3)c2)ccc1Cl. The lowest BCUT2D eigenvalue weighted by Gasteiger charge is -2.29. The monoisotopic (exact) mass is 643 g/mol. The smallest absolute Gasteiger partial charge is 0.457 e. The number of halogens is 9. The summed E-state index contributed by atoms with van der Waals surface area (Å²) >= 11 is 6.19. The fraction of sp³-hybridized carbons (Fsp3) is 0.250. The maximum Gasteiger partial charge on any atom is 0.458 e. The van der Waals surface area contributed by atoms with Crippen LogP contribution in [0.25, 0.3) is 0 Å². The van der Waals surface area contributed by atoms with Crippen molar-refractivity contribution in [3.8, 4) is 11.5 Å². The first kappa shape index (κ1) is 33.1. The van der Waals surface area contributed by atoms with Crippen LogP contribution >= 0.6 is 11.6 Å². The number of ether oxygens (including phenoxy) is 1. The second-order valence-electron chi connectivity index (χ2n) is 9.99. The molecule has 0 heterocycles. The summed E-state index contributed by atoms with van der Waals surface area (Å²) in [6.07, 6.45) is -11.1. The van der Waals surface area contributed by atoms with Crippen molar-refractivity contribution < 1.29 is 45.0 Å². The number of hydrogen-bond acceptors (Lipinski definition) is 3. The van der Waals surface area contributed by atoms with Gasteiger partial charge in [-0.2, -0.15) is 35.1 Å². The lowest BCUT2D eigenvalue weighted by molar-refractivity contribution is -0.289. The molecule has 44 heavy (non-hydrogen) atoms. The minimum atomic E-state index is -5.81. The Hall–Kier alpha value is -3.83. The minimum absolute atomic E-state index is 0.0719. The number of anilines is 1. The summed E-state index contributed by atoms with van der Waals surface area (Å²) in [4.78, 5) is 1.50. The predicted molar refractivity (Wildman–Crippen MR) is 151 cm³/mol. The molecule has 0 radical (unpaired) electrons. The Labute approximate surface area is 253 Å². The molecule has 0 aliphatic heterocycles. The number of benzene rings is 4. The third-order valence-corrected chi connectivity index (χ3v) is 7.22. The van der Waals surface area contributed by atoms with Gasteiger partial charge in [-0.3, -0.25) is 0 Å². The number of aryl methyl sites for hydroxylation is 1. The summed E-state index contributed by atoms with van der Waals surface area (Å²) in [5.74, 6) is -4.28. The summed E-state index contributed by atoms with van der Waals surface area (Å²) in [6, 6.07) is 19.2. The Morgan fingerprint density at radius 3 is 2.07 bits per heavy atom. The third-order valence-electron chi connectivity index (χ3n) is 6.85. The van der Waals surface area contributed by atoms with E-state index in [1.807, 2.05) is 6.92 Å². The Morgan fingerprint density at radius 1 is 0.773 bits per heavy atom. The fourth-order valence-electron chi connectivity index (χ4n) is 4.48. The number of hydrogen-bond donors (Lipinski definition) is 1. The standard InChI is InChI=1S/C32H26ClF8NO2/c1-2-21-16-27(13-14-28(21)33)44-26-8-4-7-25(17-26)42(19-29(43)22-9-11-23(12-10-22)31(36,37)38)18-20-5-3-6-24(15-20)30(34,35)32(39,40)41/h3-17,29,43H,2,18-19H2,1H3. The van der Waals surface area contributed by atoms with Crippen molar-refractivity contribution in [2.24, 2.45) is 0 Å². The molecule has 0 saturated carbocycles. The summed E-state index contributed by atoms with van der Waals surface area (Å²) < 4.78 is 112. The average molecular weight is 644 g/mol. The maximum absolute atomic E-state index is 14.1. The van der Waals surface area contributed by atoms with E-state index in [9.17, 15) is 40.2 Å². The van der Waals surface area contributed by atoms with Gasteiger partial charge in [0.2, 0.25) is 0 Å². The Kier molecular flexibility index (Phi) is 9.80. The van der Waals surface area contributed by atoms with E-state index in [1.165, 1.54) is 11.0 Å². The zero-order valence-electron chi connectivity index (χ0n) is 23.1. The highest BCUT2D eigenvalue weighted by Gasteiger charge is 2.58. The van der Waals surface area contributed by atoms with Crippen molar-refractivity contribution in [2.75, 3.05) is 11.4 Å². The van der Waals surface area contributed by atoms with Crippen LogP contribution < -0.4 is 9.64 Å². The molecule has 0 bridgehead atoms. The average Bonchev–Trinajstić information content (AvgIpc) is 2.97. The van der Waals surface area contributed by atoms with E-state index >= 15 is 0 Å². The molecule has 234 valence electrons. The van der Waals surface area contributed by atoms with E-state index in [-0.39, 0.29) is 24.2 Å². The van der Waals surface area contributed by atoms with E-state index in [4.69, 9.17) is 16.3 Å². The summed E-state index contributed by atoms with van der Waals surface area (Å²) in [5.41, 5.74) is -0.713. The van der Waals surface area contributed by atoms with Crippen molar-refractivity contribution in [1.82, 2.24) is 0 Å². The molecule has 0 fully saturated rings. The topological polar surface area (TPSA) is 32.7 Å². The highest BCUT2D eigenvalue weighted by molar-refractivity contribution is 6.31. The predicted octanol–water partition coefficient (Wildman–Crippen LogP) is 10.1. The Balaban J connectivity index is 1.67. The van der Waals surface area contributed by atoms with Crippen LogP contribution in [-0.4, -0.2) is 17.8 Å². The molecule has 0 aromatic heterocycles. The van der Waals surface area contributed by atoms with Crippen LogP contribution in [0.4, 0.5) is 40.8 Å². The zero-order chi connectivity index (χ0) is 32.3. The second-order valence-corrected chi connectivity index (χ2v) is 10.4. The molecule has 0 aliphatic carbocycles. The molecule has 0 saturated heterocycles. The quantitative estimate of drug-likeness (QED) is 0.175. The van der Waals surface area contributed by atoms with Crippen molar-refractivity contribution in [3.63, 3.8) is 0 Å². The molecule has 4 aromatic rings. The van der Waals surface area contributed by atoms with E-state index < -0.39 is 35.5 Å². The molecule has 1 N–H and O–H groups in total. The fourth-order valence-corrected chi connectivity index (χ4v) is 4.74. The lowest BCUT2D eigenvalue weighted by atomic mass is 10.0. The number of aliphatic hydroxyl groups excluding tert-OH is 1. The Bertz CT molecular complexity index is 1570. The number of nitrogens with zero attached hydrogens (tertiary/aromatic N) is 1. The molecule has 4 rings (SSSR count). The van der Waals surface area contributed by atoms with Gasteiger partial charge in [0.1, 0.15) is 11.5 Å². The van der Waals surface area contributed by atoms with Gasteiger partial charge in [0.05, 0.1) is 11.7 Å². The van der Waals surface area contributed by atoms with Crippen LogP contribution in [0.15, 0.2) is 91.0 Å². The molecule has 0 aliphatic rings. The molecule has 12 heteroatoms. The van der Waals surface area contributed by atoms with E-state index in [0.29, 0.717) is 34.7 Å². The highest BCUT2D eigenvalue weighted by Crippen LogP contribution is 2.44. The maximum atomic E-state index is 14.1. The lowest BCUT2D eigenvalue weighted by Crippen LogP contribution is -2.34. The van der Waals surface area contributed by atoms with E-state index in [2.05, 4.69) is 0 Å². The van der Waals surface area contributed by atoms with Gasteiger partial charge >= 0.3 is 18.3 Å². The van der Waals surface area contributed by atoms with Gasteiger partial charge < -0.3 is 14.7 Å². The first-order chi connectivity index (χ1) is 20.6. The number of aliphatic hydroxyl groups is 1. The normalized spacial score (nSPS) is 13.1. The van der Waals surface area contributed by atoms with Crippen LogP contribution in [0.2, 0.25) is 5.02 Å². The van der Waals surface area contributed by atoms with Gasteiger partial charge in [-0.05, 0) is 71.6 Å². The molecule has 0 amide bonds. The van der Waals surface area contributed by atoms with Gasteiger partial charge in [-0.25, -0.2) is 0 Å². The van der Waals surface area contributed by atoms with Gasteiger partial charge in [0, 0.05) is 35.4 Å². The molecule has 1 unspecified atom stereocenters. The molecule has 4 aromatic carbocycles. The summed E-state index contributed by atoms with van der Waals surface area (Å²) in [5, 5.41) is 11.5. The van der Waals surface area contributed by atoms with Crippen LogP contribution in [0.3, 0.4) is 0 Å². The van der Waals surface area contributed by atoms with Crippen molar-refractivity contribution >= 4 is 17.3 Å². The van der Waals surface area contributed by atoms with Gasteiger partial charge in [-0.1, -0.05) is 54.9 Å². The van der Waals surface area contributed by atoms with Crippen molar-refractivity contribution in [1.29, 1.82) is 0 Å². The first-order valence-corrected chi connectivity index (χ1v) is 13.7. The van der Waals surface area contributed by atoms with Crippen molar-refractivity contribution in [2.45, 2.75) is 44.3 Å². The molecular weight excluding hydrogens is 618 g/mol. The van der Waals surface area contributed by atoms with Gasteiger partial charge in [-0.15, -0.1) is 0 Å². The van der Waals surface area contributed by atoms with Crippen LogP contribution in [0.5, 0.6) is 11.5 Å². The molecule has 1 atom stereocenters. The van der Waals surface area contributed by atoms with Crippen molar-refractivity contribution in [3.05, 3.63) is 124 Å². The minimum Gasteiger partial charge on any atom is -0.457 e. The van der Waals surface area contributed by atoms with E-state index in [1.54, 1.807) is 42.5 Å². The van der Waals surface area contributed by atoms with Gasteiger partial charge in [0.25, 0.3) is 0 Å². The molecule has 0 spiro atoms. The second kappa shape index (κ2) is 13.0. The third kappa shape index (κ3) is 7.81. The van der Waals surface area contributed by atoms with Crippen LogP contribution in [0, 0.1) is 0 Å². The van der Waals surface area contributed by atoms with Crippen LogP contribution in [-0.2, 0) is 25.1 Å². The summed E-state index contributed by atoms with van der Waals surface area (Å²) in [7, 11) is 0. The first-order valence-electron chi connectivity index (χ1n) is 13.3. The van der Waals surface area contributed by atoms with E-state index in [0.717, 1.165) is 42.0 Å². The highest BCUT2D eigenvalue weighted by atomic mass is 35.5. The number of rotatable bonds is 10. The largest absolute Gasteiger partial charge is 0.458 e. The molecular formula is C32H26ClF8NO2. The zero-order valence-corrected chi connectivity index (χ0v) is 23.8. The van der Waals surface area contributed by atoms with Gasteiger partial charge in [0.15, 0.2) is 0 Å². The number of alkyl halides is 8.